The highest BCUT2D eigenvalue weighted by atomic mass is 14.6. The molecule has 0 fully saturated rings. The Morgan fingerprint density at radius 1 is 0.871 bits per heavy atom. The number of allylic oxidation sites excluding steroid dienone is 4. The second-order valence-corrected chi connectivity index (χ2v) is 8.69. The van der Waals surface area contributed by atoms with Crippen LogP contribution >= 0.6 is 0 Å². The summed E-state index contributed by atoms with van der Waals surface area (Å²) in [5.74, 6) is 0. The summed E-state index contributed by atoms with van der Waals surface area (Å²) in [4.78, 5) is 0. The van der Waals surface area contributed by atoms with E-state index in [9.17, 15) is 0 Å². The Morgan fingerprint density at radius 2 is 1.58 bits per heavy atom. The molecule has 0 amide bonds. The maximum absolute atomic E-state index is 6.04. The second-order valence-electron chi connectivity index (χ2n) is 8.69. The molecule has 0 spiro atoms. The summed E-state index contributed by atoms with van der Waals surface area (Å²) in [6.45, 7) is 15.4. The van der Waals surface area contributed by atoms with E-state index in [1.165, 1.54) is 44.5 Å². The Hall–Kier alpha value is -3.52. The van der Waals surface area contributed by atoms with E-state index in [1.54, 1.807) is 6.07 Å². The van der Waals surface area contributed by atoms with Gasteiger partial charge in [-0.15, -0.1) is 0 Å². The number of nitrogen functional groups attached to an aromatic ring is 2. The predicted molar refractivity (Wildman–Crippen MR) is 136 cm³/mol. The van der Waals surface area contributed by atoms with Gasteiger partial charge in [-0.3, -0.25) is 0 Å². The van der Waals surface area contributed by atoms with Gasteiger partial charge in [0.2, 0.25) is 0 Å². The average molecular weight is 407 g/mol. The first-order chi connectivity index (χ1) is 14.7. The fourth-order valence-electron chi connectivity index (χ4n) is 4.55. The van der Waals surface area contributed by atoms with E-state index in [1.807, 2.05) is 12.1 Å². The molecule has 3 aromatic rings. The number of aryl methyl sites for hydroxylation is 3. The molecule has 0 unspecified atom stereocenters. The van der Waals surface area contributed by atoms with Crippen LogP contribution in [0, 0.1) is 20.8 Å². The highest BCUT2D eigenvalue weighted by Crippen LogP contribution is 2.44. The lowest BCUT2D eigenvalue weighted by Crippen LogP contribution is -2.10. The molecule has 2 nitrogen and oxygen atoms in total. The lowest BCUT2D eigenvalue weighted by Gasteiger charge is -2.28. The van der Waals surface area contributed by atoms with Crippen LogP contribution < -0.4 is 11.5 Å². The van der Waals surface area contributed by atoms with Gasteiger partial charge in [-0.1, -0.05) is 49.6 Å². The Labute approximate surface area is 185 Å². The average Bonchev–Trinajstić information content (AvgIpc) is 2.71. The van der Waals surface area contributed by atoms with Crippen LogP contribution in [0.15, 0.2) is 73.3 Å². The van der Waals surface area contributed by atoms with Crippen LogP contribution in [-0.2, 0) is 6.42 Å². The molecule has 1 aliphatic rings. The molecule has 2 heteroatoms. The number of anilines is 2. The molecule has 0 bridgehead atoms. The molecule has 31 heavy (non-hydrogen) atoms. The molecule has 0 saturated carbocycles. The van der Waals surface area contributed by atoms with Crippen LogP contribution in [-0.4, -0.2) is 0 Å². The summed E-state index contributed by atoms with van der Waals surface area (Å²) in [5.41, 5.74) is 26.7. The first-order valence-electron chi connectivity index (χ1n) is 10.7. The molecule has 4 rings (SSSR count). The van der Waals surface area contributed by atoms with Crippen LogP contribution in [0.1, 0.15) is 45.4 Å². The number of fused-ring (bicyclic) bond motifs is 1. The van der Waals surface area contributed by atoms with Crippen LogP contribution in [0.3, 0.4) is 0 Å². The molecule has 0 radical (unpaired) electrons. The van der Waals surface area contributed by atoms with Gasteiger partial charge in [0.25, 0.3) is 0 Å². The minimum atomic E-state index is 0.656. The first kappa shape index (κ1) is 20.7. The summed E-state index contributed by atoms with van der Waals surface area (Å²) in [6.07, 6.45) is 1.60. The largest absolute Gasteiger partial charge is 0.399 e. The monoisotopic (exact) mass is 406 g/mol. The summed E-state index contributed by atoms with van der Waals surface area (Å²) < 4.78 is 0. The molecule has 156 valence electrons. The fourth-order valence-corrected chi connectivity index (χ4v) is 4.55. The van der Waals surface area contributed by atoms with Crippen molar-refractivity contribution in [2.45, 2.75) is 33.6 Å². The van der Waals surface area contributed by atoms with Crippen LogP contribution in [0.4, 0.5) is 11.4 Å². The van der Waals surface area contributed by atoms with E-state index < -0.39 is 0 Å². The van der Waals surface area contributed by atoms with Crippen LogP contribution in [0.2, 0.25) is 0 Å². The highest BCUT2D eigenvalue weighted by molar-refractivity contribution is 5.96. The second kappa shape index (κ2) is 7.96. The van der Waals surface area contributed by atoms with E-state index in [0.717, 1.165) is 23.1 Å². The van der Waals surface area contributed by atoms with Gasteiger partial charge in [-0.05, 0) is 113 Å². The van der Waals surface area contributed by atoms with Gasteiger partial charge in [-0.2, -0.15) is 0 Å². The molecule has 1 aliphatic carbocycles. The molecule has 4 N–H and O–H groups in total. The van der Waals surface area contributed by atoms with Crippen molar-refractivity contribution in [1.29, 1.82) is 0 Å². The third-order valence-electron chi connectivity index (χ3n) is 6.39. The van der Waals surface area contributed by atoms with Gasteiger partial charge < -0.3 is 11.5 Å². The van der Waals surface area contributed by atoms with Crippen molar-refractivity contribution in [3.8, 4) is 0 Å². The van der Waals surface area contributed by atoms with Crippen molar-refractivity contribution in [1.82, 2.24) is 0 Å². The van der Waals surface area contributed by atoms with Gasteiger partial charge in [-0.25, -0.2) is 0 Å². The third kappa shape index (κ3) is 3.94. The van der Waals surface area contributed by atoms with Crippen molar-refractivity contribution in [3.63, 3.8) is 0 Å². The topological polar surface area (TPSA) is 52.0 Å². The van der Waals surface area contributed by atoms with Crippen molar-refractivity contribution in [2.75, 3.05) is 11.5 Å². The molecule has 0 saturated heterocycles. The van der Waals surface area contributed by atoms with Gasteiger partial charge in [0, 0.05) is 11.4 Å². The Kier molecular flexibility index (Phi) is 5.32. The predicted octanol–water partition coefficient (Wildman–Crippen LogP) is 6.90. The molecular formula is C29H30N2. The van der Waals surface area contributed by atoms with Crippen molar-refractivity contribution in [2.24, 2.45) is 0 Å². The summed E-state index contributed by atoms with van der Waals surface area (Å²) in [7, 11) is 0. The quantitative estimate of drug-likeness (QED) is 0.463. The first-order valence-corrected chi connectivity index (χ1v) is 10.7. The fraction of sp³-hybridized carbons (Fsp3) is 0.172. The van der Waals surface area contributed by atoms with Crippen LogP contribution in [0.25, 0.3) is 16.7 Å². The number of rotatable bonds is 4. The summed E-state index contributed by atoms with van der Waals surface area (Å²) in [6, 6.07) is 18.9. The van der Waals surface area contributed by atoms with E-state index >= 15 is 0 Å². The SMILES string of the molecule is C=C(CC1=C(c2ccc(C)c(C)c2)Cc2cccc(C)c2C1=C)c1cc(N)cc(N)c1. The van der Waals surface area contributed by atoms with Gasteiger partial charge in [0.1, 0.15) is 0 Å². The van der Waals surface area contributed by atoms with E-state index in [-0.39, 0.29) is 0 Å². The van der Waals surface area contributed by atoms with Crippen molar-refractivity contribution >= 4 is 28.1 Å². The van der Waals surface area contributed by atoms with Gasteiger partial charge in [0.15, 0.2) is 0 Å². The Bertz CT molecular complexity index is 1240. The summed E-state index contributed by atoms with van der Waals surface area (Å²) >= 11 is 0. The van der Waals surface area contributed by atoms with Crippen molar-refractivity contribution in [3.05, 3.63) is 112 Å². The number of nitrogens with two attached hydrogens (primary N) is 2. The minimum Gasteiger partial charge on any atom is -0.399 e. The third-order valence-corrected chi connectivity index (χ3v) is 6.39. The standard InChI is InChI=1S/C29H30N2/c1-17-9-10-22(11-19(17)3)28-15-23-8-6-7-18(2)29(23)21(5)27(28)12-20(4)24-13-25(30)16-26(31)14-24/h6-11,13-14,16H,4-5,12,15,30-31H2,1-3H3. The Balaban J connectivity index is 1.84. The zero-order chi connectivity index (χ0) is 22.3. The molecule has 3 aromatic carbocycles. The lowest BCUT2D eigenvalue weighted by atomic mass is 9.76. The number of hydrogen-bond acceptors (Lipinski definition) is 2. The van der Waals surface area contributed by atoms with Crippen LogP contribution in [0.5, 0.6) is 0 Å². The van der Waals surface area contributed by atoms with E-state index in [0.29, 0.717) is 17.8 Å². The molecular weight excluding hydrogens is 376 g/mol. The van der Waals surface area contributed by atoms with Gasteiger partial charge in [0.05, 0.1) is 0 Å². The van der Waals surface area contributed by atoms with E-state index in [4.69, 9.17) is 11.5 Å². The maximum Gasteiger partial charge on any atom is 0.0340 e. The zero-order valence-electron chi connectivity index (χ0n) is 18.7. The molecule has 0 aliphatic heterocycles. The normalized spacial score (nSPS) is 13.3. The summed E-state index contributed by atoms with van der Waals surface area (Å²) in [5, 5.41) is 0. The highest BCUT2D eigenvalue weighted by Gasteiger charge is 2.24. The smallest absolute Gasteiger partial charge is 0.0340 e. The van der Waals surface area contributed by atoms with E-state index in [2.05, 4.69) is 70.3 Å². The van der Waals surface area contributed by atoms with Crippen molar-refractivity contribution < 1.29 is 0 Å². The van der Waals surface area contributed by atoms with Gasteiger partial charge >= 0.3 is 0 Å². The lowest BCUT2D eigenvalue weighted by molar-refractivity contribution is 1.15. The maximum atomic E-state index is 6.04. The molecule has 0 heterocycles. The molecule has 0 aromatic heterocycles. The zero-order valence-corrected chi connectivity index (χ0v) is 18.7. The number of benzene rings is 3. The minimum absolute atomic E-state index is 0.656. The Morgan fingerprint density at radius 3 is 2.26 bits per heavy atom. The number of hydrogen-bond donors (Lipinski definition) is 2. The molecule has 0 atom stereocenters.